The summed E-state index contributed by atoms with van der Waals surface area (Å²) in [5.74, 6) is -0.528. The van der Waals surface area contributed by atoms with E-state index in [1.54, 1.807) is 41.3 Å². The third-order valence-electron chi connectivity index (χ3n) is 8.61. The molecule has 248 valence electrons. The topological polar surface area (TPSA) is 155 Å². The molecule has 12 nitrogen and oxygen atoms in total. The maximum absolute atomic E-state index is 15.4. The molecule has 0 atom stereocenters. The van der Waals surface area contributed by atoms with Crippen LogP contribution in [0.1, 0.15) is 55.1 Å². The van der Waals surface area contributed by atoms with Crippen LogP contribution < -0.4 is 16.4 Å². The highest BCUT2D eigenvalue weighted by molar-refractivity contribution is 5.94. The molecule has 3 N–H and O–H groups in total. The Bertz CT molecular complexity index is 2150. The molecule has 1 aliphatic rings. The summed E-state index contributed by atoms with van der Waals surface area (Å²) in [5.41, 5.74) is 1.03. The van der Waals surface area contributed by atoms with Crippen LogP contribution in [0.5, 0.6) is 0 Å². The van der Waals surface area contributed by atoms with Crippen molar-refractivity contribution in [1.82, 2.24) is 29.4 Å². The van der Waals surface area contributed by atoms with Crippen molar-refractivity contribution in [3.05, 3.63) is 104 Å². The molecule has 0 radical (unpaired) electrons. The van der Waals surface area contributed by atoms with E-state index in [0.29, 0.717) is 59.5 Å². The molecular weight excluding hydrogens is 617 g/mol. The molecule has 3 aromatic heterocycles. The fourth-order valence-electron chi connectivity index (χ4n) is 5.83. The van der Waals surface area contributed by atoms with Gasteiger partial charge < -0.3 is 20.4 Å². The quantitative estimate of drug-likeness (QED) is 0.248. The average molecular weight is 654 g/mol. The number of carbonyl (C=O) groups is 1. The second-order valence-corrected chi connectivity index (χ2v) is 12.9. The number of fused-ring (bicyclic) bond motifs is 1. The van der Waals surface area contributed by atoms with Gasteiger partial charge in [0.25, 0.3) is 17.0 Å². The highest BCUT2D eigenvalue weighted by Gasteiger charge is 2.24. The Balaban J connectivity index is 1.34. The van der Waals surface area contributed by atoms with Gasteiger partial charge in [0.05, 0.1) is 41.2 Å². The molecule has 1 saturated heterocycles. The first-order chi connectivity index (χ1) is 22.8. The molecule has 0 spiro atoms. The number of nitrogens with zero attached hydrogens (tertiary/aromatic N) is 6. The zero-order valence-electron chi connectivity index (χ0n) is 27.1. The van der Waals surface area contributed by atoms with E-state index in [1.807, 2.05) is 20.8 Å². The predicted molar refractivity (Wildman–Crippen MR) is 179 cm³/mol. The summed E-state index contributed by atoms with van der Waals surface area (Å²) in [4.78, 5) is 45.6. The third-order valence-corrected chi connectivity index (χ3v) is 8.61. The van der Waals surface area contributed by atoms with Gasteiger partial charge in [-0.3, -0.25) is 14.4 Å². The number of carbonyl (C=O) groups excluding carboxylic acids is 1. The van der Waals surface area contributed by atoms with Gasteiger partial charge in [0.1, 0.15) is 17.3 Å². The van der Waals surface area contributed by atoms with E-state index in [9.17, 15) is 24.6 Å². The van der Waals surface area contributed by atoms with Gasteiger partial charge in [-0.2, -0.15) is 14.9 Å². The van der Waals surface area contributed by atoms with Crippen molar-refractivity contribution in [2.24, 2.45) is 7.05 Å². The van der Waals surface area contributed by atoms with Crippen LogP contribution in [0.4, 0.5) is 15.9 Å². The largest absolute Gasteiger partial charge is 0.393 e. The standard InChI is InChI=1S/C35H36FN7O5/c1-35(2,3)22-14-21-18-38-43(34(48)31(21)26(36)15-22)29-7-5-6-24(25(29)19-44)27-16-28(33(47)41(4)40-27)39-30-9-8-20(17-37-30)32(46)42-12-10-23(45)11-13-42/h5-9,14-18,23,44-45H,10-13,19H2,1-4H3,(H,37,39). The SMILES string of the molecule is Cn1nc(-c2cccc(-n3ncc4cc(C(C)(C)C)cc(F)c4c3=O)c2CO)cc(Nc2ccc(C(=O)N3CCC(O)CC3)cn2)c1=O. The Morgan fingerprint density at radius 2 is 1.79 bits per heavy atom. The number of aliphatic hydroxyl groups is 2. The van der Waals surface area contributed by atoms with Crippen molar-refractivity contribution in [2.75, 3.05) is 18.4 Å². The van der Waals surface area contributed by atoms with Crippen LogP contribution in [-0.4, -0.2) is 64.8 Å². The minimum absolute atomic E-state index is 0.117. The number of hydrogen-bond acceptors (Lipinski definition) is 9. The normalized spacial score (nSPS) is 14.0. The summed E-state index contributed by atoms with van der Waals surface area (Å²) in [5, 5.41) is 32.2. The highest BCUT2D eigenvalue weighted by atomic mass is 19.1. The molecule has 0 bridgehead atoms. The van der Waals surface area contributed by atoms with Crippen LogP contribution in [0.25, 0.3) is 27.7 Å². The van der Waals surface area contributed by atoms with Crippen LogP contribution >= 0.6 is 0 Å². The Kier molecular flexibility index (Phi) is 8.67. The Labute approximate surface area is 275 Å². The number of pyridine rings is 1. The van der Waals surface area contributed by atoms with Crippen LogP contribution in [0.3, 0.4) is 0 Å². The molecule has 48 heavy (non-hydrogen) atoms. The Hall–Kier alpha value is -5.27. The van der Waals surface area contributed by atoms with Crippen LogP contribution in [-0.2, 0) is 19.1 Å². The van der Waals surface area contributed by atoms with Gasteiger partial charge in [-0.25, -0.2) is 14.1 Å². The van der Waals surface area contributed by atoms with Gasteiger partial charge in [0.2, 0.25) is 0 Å². The lowest BCUT2D eigenvalue weighted by Gasteiger charge is -2.29. The predicted octanol–water partition coefficient (Wildman–Crippen LogP) is 3.81. The number of rotatable bonds is 6. The van der Waals surface area contributed by atoms with Crippen LogP contribution in [0.2, 0.25) is 0 Å². The average Bonchev–Trinajstić information content (AvgIpc) is 3.06. The van der Waals surface area contributed by atoms with E-state index in [-0.39, 0.29) is 28.1 Å². The van der Waals surface area contributed by atoms with E-state index in [1.165, 1.54) is 31.6 Å². The maximum atomic E-state index is 15.4. The molecular formula is C35H36FN7O5. The van der Waals surface area contributed by atoms with Gasteiger partial charge in [0, 0.05) is 42.8 Å². The van der Waals surface area contributed by atoms with Gasteiger partial charge in [-0.1, -0.05) is 32.9 Å². The van der Waals surface area contributed by atoms with Crippen LogP contribution in [0, 0.1) is 5.82 Å². The molecule has 13 heteroatoms. The second kappa shape index (κ2) is 12.7. The van der Waals surface area contributed by atoms with Gasteiger partial charge in [0.15, 0.2) is 0 Å². The number of benzene rings is 2. The van der Waals surface area contributed by atoms with Crippen molar-refractivity contribution in [3.63, 3.8) is 0 Å². The minimum Gasteiger partial charge on any atom is -0.393 e. The molecule has 5 aromatic rings. The monoisotopic (exact) mass is 653 g/mol. The summed E-state index contributed by atoms with van der Waals surface area (Å²) in [6.45, 7) is 6.28. The summed E-state index contributed by atoms with van der Waals surface area (Å²) in [6, 6.07) is 12.8. The number of piperidine rings is 1. The number of likely N-dealkylation sites (tertiary alicyclic amines) is 1. The number of hydrogen-bond donors (Lipinski definition) is 3. The second-order valence-electron chi connectivity index (χ2n) is 12.9. The smallest absolute Gasteiger partial charge is 0.290 e. The number of halogens is 1. The lowest BCUT2D eigenvalue weighted by molar-refractivity contribution is 0.0546. The van der Waals surface area contributed by atoms with Crippen molar-refractivity contribution in [1.29, 1.82) is 0 Å². The summed E-state index contributed by atoms with van der Waals surface area (Å²) in [7, 11) is 1.48. The van der Waals surface area contributed by atoms with Gasteiger partial charge in [-0.05, 0) is 60.2 Å². The van der Waals surface area contributed by atoms with E-state index in [2.05, 4.69) is 20.5 Å². The Morgan fingerprint density at radius 3 is 2.46 bits per heavy atom. The summed E-state index contributed by atoms with van der Waals surface area (Å²) < 4.78 is 17.5. The Morgan fingerprint density at radius 1 is 1.04 bits per heavy atom. The number of aliphatic hydroxyl groups excluding tert-OH is 2. The highest BCUT2D eigenvalue weighted by Crippen LogP contribution is 2.30. The van der Waals surface area contributed by atoms with Crippen molar-refractivity contribution < 1.29 is 19.4 Å². The number of anilines is 2. The molecule has 1 aliphatic heterocycles. The summed E-state index contributed by atoms with van der Waals surface area (Å²) in [6.07, 6.45) is 3.52. The number of nitrogens with one attached hydrogen (secondary N) is 1. The fourth-order valence-corrected chi connectivity index (χ4v) is 5.83. The summed E-state index contributed by atoms with van der Waals surface area (Å²) >= 11 is 0. The maximum Gasteiger partial charge on any atom is 0.290 e. The van der Waals surface area contributed by atoms with Crippen molar-refractivity contribution in [2.45, 2.75) is 51.7 Å². The minimum atomic E-state index is -0.682. The fraction of sp³-hybridized carbons (Fsp3) is 0.314. The number of aryl methyl sites for hydroxylation is 1. The van der Waals surface area contributed by atoms with E-state index >= 15 is 4.39 Å². The molecule has 1 fully saturated rings. The van der Waals surface area contributed by atoms with Crippen molar-refractivity contribution in [3.8, 4) is 16.9 Å². The van der Waals surface area contributed by atoms with E-state index in [0.717, 1.165) is 14.9 Å². The third kappa shape index (κ3) is 6.21. The van der Waals surface area contributed by atoms with E-state index in [4.69, 9.17) is 0 Å². The van der Waals surface area contributed by atoms with Gasteiger partial charge >= 0.3 is 0 Å². The molecule has 0 saturated carbocycles. The molecule has 6 rings (SSSR count). The number of amides is 1. The molecule has 1 amide bonds. The van der Waals surface area contributed by atoms with Crippen LogP contribution in [0.15, 0.2) is 70.5 Å². The first-order valence-corrected chi connectivity index (χ1v) is 15.6. The molecule has 2 aromatic carbocycles. The van der Waals surface area contributed by atoms with Crippen molar-refractivity contribution >= 4 is 28.2 Å². The van der Waals surface area contributed by atoms with Gasteiger partial charge in [-0.15, -0.1) is 0 Å². The zero-order valence-corrected chi connectivity index (χ0v) is 27.1. The lowest BCUT2D eigenvalue weighted by atomic mass is 9.86. The lowest BCUT2D eigenvalue weighted by Crippen LogP contribution is -2.40. The first kappa shape index (κ1) is 32.7. The molecule has 0 unspecified atom stereocenters. The zero-order chi connectivity index (χ0) is 34.3. The number of aromatic nitrogens is 5. The first-order valence-electron chi connectivity index (χ1n) is 15.6. The van der Waals surface area contributed by atoms with E-state index < -0.39 is 29.6 Å². The molecule has 4 heterocycles. The molecule has 0 aliphatic carbocycles.